The van der Waals surface area contributed by atoms with Crippen molar-refractivity contribution in [1.82, 2.24) is 19.1 Å². The van der Waals surface area contributed by atoms with Crippen molar-refractivity contribution in [3.8, 4) is 17.1 Å². The Morgan fingerprint density at radius 1 is 0.933 bits per heavy atom. The Morgan fingerprint density at radius 3 is 2.22 bits per heavy atom. The van der Waals surface area contributed by atoms with Crippen LogP contribution in [0.1, 0.15) is 77.0 Å². The zero-order valence-corrected chi connectivity index (χ0v) is 28.8. The number of amides is 1. The van der Waals surface area contributed by atoms with Crippen molar-refractivity contribution in [1.29, 1.82) is 0 Å². The summed E-state index contributed by atoms with van der Waals surface area (Å²) in [7, 11) is -3.69. The number of benzene rings is 3. The van der Waals surface area contributed by atoms with Gasteiger partial charge < -0.3 is 4.90 Å². The van der Waals surface area contributed by atoms with E-state index in [-0.39, 0.29) is 34.4 Å². The van der Waals surface area contributed by atoms with Gasteiger partial charge in [-0.05, 0) is 60.1 Å². The van der Waals surface area contributed by atoms with Crippen molar-refractivity contribution in [2.45, 2.75) is 82.8 Å². The van der Waals surface area contributed by atoms with Crippen LogP contribution in [0.5, 0.6) is 0 Å². The van der Waals surface area contributed by atoms with E-state index < -0.39 is 10.0 Å². The van der Waals surface area contributed by atoms with Crippen molar-refractivity contribution < 1.29 is 13.2 Å². The number of carbonyl (C=O) groups excluding carboxylic acids is 1. The molecule has 0 aliphatic carbocycles. The Labute approximate surface area is 271 Å². The first-order valence-corrected chi connectivity index (χ1v) is 18.1. The predicted octanol–water partition coefficient (Wildman–Crippen LogP) is 7.28. The van der Waals surface area contributed by atoms with Gasteiger partial charge in [0.25, 0.3) is 0 Å². The molecule has 0 N–H and O–H groups in total. The van der Waals surface area contributed by atoms with Gasteiger partial charge in [0.1, 0.15) is 0 Å². The summed E-state index contributed by atoms with van der Waals surface area (Å²) in [5, 5.41) is 9.88. The molecule has 1 aliphatic heterocycles. The van der Waals surface area contributed by atoms with E-state index in [0.717, 1.165) is 28.9 Å². The number of anilines is 1. The smallest absolute Gasteiger partial charge is 0.243 e. The molecule has 238 valence electrons. The zero-order chi connectivity index (χ0) is 32.5. The third-order valence-electron chi connectivity index (χ3n) is 8.44. The highest BCUT2D eigenvalue weighted by molar-refractivity contribution is 7.99. The van der Waals surface area contributed by atoms with Crippen LogP contribution in [0.4, 0.5) is 5.69 Å². The van der Waals surface area contributed by atoms with Crippen molar-refractivity contribution in [3.63, 3.8) is 0 Å². The molecule has 4 aromatic rings. The molecule has 10 heteroatoms. The van der Waals surface area contributed by atoms with Gasteiger partial charge in [-0.15, -0.1) is 10.2 Å². The fourth-order valence-electron chi connectivity index (χ4n) is 6.17. The fraction of sp³-hybridized carbons (Fsp3) is 0.400. The highest BCUT2D eigenvalue weighted by atomic mass is 32.2. The van der Waals surface area contributed by atoms with Gasteiger partial charge >= 0.3 is 0 Å². The second kappa shape index (κ2) is 13.5. The van der Waals surface area contributed by atoms with Gasteiger partial charge in [-0.3, -0.25) is 9.36 Å². The van der Waals surface area contributed by atoms with Crippen LogP contribution in [0.2, 0.25) is 0 Å². The average Bonchev–Trinajstić information content (AvgIpc) is 3.60. The molecule has 0 fully saturated rings. The van der Waals surface area contributed by atoms with Crippen LogP contribution in [0, 0.1) is 0 Å². The highest BCUT2D eigenvalue weighted by Crippen LogP contribution is 2.38. The quantitative estimate of drug-likeness (QED) is 0.159. The van der Waals surface area contributed by atoms with E-state index in [1.807, 2.05) is 47.6 Å². The van der Waals surface area contributed by atoms with Gasteiger partial charge in [-0.1, -0.05) is 102 Å². The molecule has 2 heterocycles. The number of para-hydroxylation sites is 2. The van der Waals surface area contributed by atoms with Crippen LogP contribution in [-0.2, 0) is 21.2 Å². The van der Waals surface area contributed by atoms with Crippen molar-refractivity contribution >= 4 is 33.4 Å². The number of rotatable bonds is 11. The Hall–Kier alpha value is -3.47. The zero-order valence-electron chi connectivity index (χ0n) is 27.2. The molecule has 0 saturated heterocycles. The van der Waals surface area contributed by atoms with Crippen LogP contribution in [-0.4, -0.2) is 58.3 Å². The van der Waals surface area contributed by atoms with Crippen molar-refractivity contribution in [2.75, 3.05) is 23.7 Å². The van der Waals surface area contributed by atoms with Crippen molar-refractivity contribution in [2.24, 2.45) is 0 Å². The van der Waals surface area contributed by atoms with Crippen molar-refractivity contribution in [3.05, 3.63) is 83.4 Å². The molecule has 1 aliphatic rings. The molecule has 3 aromatic carbocycles. The number of thioether (sulfide) groups is 1. The second-order valence-electron chi connectivity index (χ2n) is 12.1. The lowest BCUT2D eigenvalue weighted by Gasteiger charge is -2.24. The first-order chi connectivity index (χ1) is 21.5. The van der Waals surface area contributed by atoms with Crippen LogP contribution in [0.15, 0.2) is 76.8 Å². The summed E-state index contributed by atoms with van der Waals surface area (Å²) in [6.45, 7) is 15.2. The third kappa shape index (κ3) is 6.33. The summed E-state index contributed by atoms with van der Waals surface area (Å²) >= 11 is 1.36. The van der Waals surface area contributed by atoms with E-state index in [9.17, 15) is 13.2 Å². The SMILES string of the molecule is CCN(CC)S(=O)(=O)c1cccc(-c2nnc(SCC(=O)N3c4ccccc4CC3C)n2-c2c(C(C)C)cccc2C(C)C)c1. The average molecular weight is 646 g/mol. The topological polar surface area (TPSA) is 88.4 Å². The molecule has 8 nitrogen and oxygen atoms in total. The lowest BCUT2D eigenvalue weighted by Crippen LogP contribution is -2.37. The van der Waals surface area contributed by atoms with E-state index >= 15 is 0 Å². The van der Waals surface area contributed by atoms with Crippen LogP contribution in [0.3, 0.4) is 0 Å². The number of sulfonamides is 1. The molecule has 5 rings (SSSR count). The van der Waals surface area contributed by atoms with Crippen LogP contribution < -0.4 is 4.90 Å². The molecule has 0 spiro atoms. The molecule has 45 heavy (non-hydrogen) atoms. The Kier molecular flexibility index (Phi) is 9.86. The van der Waals surface area contributed by atoms with E-state index in [2.05, 4.69) is 69.1 Å². The second-order valence-corrected chi connectivity index (χ2v) is 15.0. The monoisotopic (exact) mass is 645 g/mol. The van der Waals surface area contributed by atoms with Crippen LogP contribution in [0.25, 0.3) is 17.1 Å². The summed E-state index contributed by atoms with van der Waals surface area (Å²) in [5.74, 6) is 1.14. The Balaban J connectivity index is 1.63. The maximum absolute atomic E-state index is 13.7. The summed E-state index contributed by atoms with van der Waals surface area (Å²) in [4.78, 5) is 15.8. The van der Waals surface area contributed by atoms with Gasteiger partial charge in [-0.25, -0.2) is 8.42 Å². The number of hydrogen-bond acceptors (Lipinski definition) is 6. The van der Waals surface area contributed by atoms with E-state index in [4.69, 9.17) is 0 Å². The van der Waals surface area contributed by atoms with Gasteiger partial charge in [-0.2, -0.15) is 4.31 Å². The minimum absolute atomic E-state index is 0.0158. The summed E-state index contributed by atoms with van der Waals surface area (Å²) in [5.41, 5.74) is 6.03. The minimum atomic E-state index is -3.69. The molecule has 1 amide bonds. The van der Waals surface area contributed by atoms with Gasteiger partial charge in [0.15, 0.2) is 11.0 Å². The van der Waals surface area contributed by atoms with E-state index in [1.54, 1.807) is 18.2 Å². The molecule has 0 radical (unpaired) electrons. The standard InChI is InChI=1S/C35H43N5O3S2/c1-8-38(9-2)45(42,43)28-16-12-15-27(21-28)34-36-37-35(40(34)33-29(23(3)4)17-13-18-30(33)24(5)6)44-22-32(41)39-25(7)20-26-14-10-11-19-31(26)39/h10-19,21,23-25H,8-9,20,22H2,1-7H3. The maximum atomic E-state index is 13.7. The number of hydrogen-bond donors (Lipinski definition) is 0. The van der Waals surface area contributed by atoms with E-state index in [1.165, 1.54) is 21.6 Å². The Morgan fingerprint density at radius 2 is 1.58 bits per heavy atom. The molecular formula is C35H43N5O3S2. The molecule has 0 bridgehead atoms. The minimum Gasteiger partial charge on any atom is -0.308 e. The predicted molar refractivity (Wildman–Crippen MR) is 183 cm³/mol. The summed E-state index contributed by atoms with van der Waals surface area (Å²) < 4.78 is 30.4. The summed E-state index contributed by atoms with van der Waals surface area (Å²) in [6.07, 6.45) is 0.833. The van der Waals surface area contributed by atoms with E-state index in [0.29, 0.717) is 29.6 Å². The number of aromatic nitrogens is 3. The molecule has 1 atom stereocenters. The number of carbonyl (C=O) groups is 1. The van der Waals surface area contributed by atoms with Gasteiger partial charge in [0.2, 0.25) is 15.9 Å². The highest BCUT2D eigenvalue weighted by Gasteiger charge is 2.32. The maximum Gasteiger partial charge on any atom is 0.243 e. The van der Waals surface area contributed by atoms with Crippen LogP contribution >= 0.6 is 11.8 Å². The molecule has 0 saturated carbocycles. The lowest BCUT2D eigenvalue weighted by atomic mass is 9.92. The number of fused-ring (bicyclic) bond motifs is 1. The summed E-state index contributed by atoms with van der Waals surface area (Å²) in [6, 6.07) is 21.4. The molecule has 1 unspecified atom stereocenters. The largest absolute Gasteiger partial charge is 0.308 e. The number of nitrogens with zero attached hydrogens (tertiary/aromatic N) is 5. The fourth-order valence-corrected chi connectivity index (χ4v) is 8.47. The normalized spacial score (nSPS) is 15.0. The first kappa shape index (κ1) is 32.9. The lowest BCUT2D eigenvalue weighted by molar-refractivity contribution is -0.116. The third-order valence-corrected chi connectivity index (χ3v) is 11.4. The molecule has 1 aromatic heterocycles. The molecular weight excluding hydrogens is 603 g/mol. The first-order valence-electron chi connectivity index (χ1n) is 15.7. The van der Waals surface area contributed by atoms with Gasteiger partial charge in [0, 0.05) is 30.4 Å². The Bertz CT molecular complexity index is 1770. The van der Waals surface area contributed by atoms with Gasteiger partial charge in [0.05, 0.1) is 16.3 Å².